The van der Waals surface area contributed by atoms with Gasteiger partial charge in [-0.2, -0.15) is 0 Å². The second-order valence-electron chi connectivity index (χ2n) is 3.25. The molecule has 0 unspecified atom stereocenters. The number of rotatable bonds is 1. The Labute approximate surface area is 70.0 Å². The van der Waals surface area contributed by atoms with Crippen LogP contribution in [0.5, 0.6) is 0 Å². The molecule has 1 N–H and O–H groups in total. The molecule has 1 saturated carbocycles. The van der Waals surface area contributed by atoms with Crippen LogP contribution in [0.4, 0.5) is 0 Å². The Bertz CT molecular complexity index is 77.3. The highest BCUT2D eigenvalue weighted by Crippen LogP contribution is 2.22. The van der Waals surface area contributed by atoms with Gasteiger partial charge < -0.3 is 5.32 Å². The Kier molecular flexibility index (Phi) is 5.10. The summed E-state index contributed by atoms with van der Waals surface area (Å²) >= 11 is 0. The minimum atomic E-state index is 0. The highest BCUT2D eigenvalue weighted by molar-refractivity contribution is 5.85. The second-order valence-corrected chi connectivity index (χ2v) is 3.25. The summed E-state index contributed by atoms with van der Waals surface area (Å²) in [6.45, 7) is 2.35. The average Bonchev–Trinajstić information content (AvgIpc) is 1.90. The van der Waals surface area contributed by atoms with E-state index in [0.717, 1.165) is 12.0 Å². The first-order chi connectivity index (χ1) is 4.33. The van der Waals surface area contributed by atoms with E-state index in [1.165, 1.54) is 25.7 Å². The van der Waals surface area contributed by atoms with Gasteiger partial charge in [0, 0.05) is 6.04 Å². The van der Waals surface area contributed by atoms with Crippen molar-refractivity contribution in [2.24, 2.45) is 5.92 Å². The first-order valence-corrected chi connectivity index (χ1v) is 4.00. The Balaban J connectivity index is 0.000000810. The summed E-state index contributed by atoms with van der Waals surface area (Å²) in [5.74, 6) is 0.981. The minimum Gasteiger partial charge on any atom is -0.317 e. The van der Waals surface area contributed by atoms with Crippen molar-refractivity contribution >= 4 is 12.4 Å². The van der Waals surface area contributed by atoms with Crippen molar-refractivity contribution in [3.8, 4) is 0 Å². The van der Waals surface area contributed by atoms with Crippen molar-refractivity contribution in [2.45, 2.75) is 38.6 Å². The van der Waals surface area contributed by atoms with Crippen molar-refractivity contribution < 1.29 is 0 Å². The normalized spacial score (nSPS) is 33.0. The number of hydrogen-bond donors (Lipinski definition) is 1. The molecule has 10 heavy (non-hydrogen) atoms. The first-order valence-electron chi connectivity index (χ1n) is 4.00. The van der Waals surface area contributed by atoms with Gasteiger partial charge in [-0.15, -0.1) is 12.4 Å². The third-order valence-electron chi connectivity index (χ3n) is 2.42. The highest BCUT2D eigenvalue weighted by atomic mass is 35.5. The van der Waals surface area contributed by atoms with E-state index < -0.39 is 0 Å². The average molecular weight is 164 g/mol. The summed E-state index contributed by atoms with van der Waals surface area (Å²) in [6.07, 6.45) is 5.62. The van der Waals surface area contributed by atoms with Crippen LogP contribution < -0.4 is 5.32 Å². The van der Waals surface area contributed by atoms with Crippen molar-refractivity contribution in [2.75, 3.05) is 7.05 Å². The van der Waals surface area contributed by atoms with Gasteiger partial charge in [-0.1, -0.05) is 6.92 Å². The molecular weight excluding hydrogens is 146 g/mol. The summed E-state index contributed by atoms with van der Waals surface area (Å²) in [7, 11) is 2.07. The van der Waals surface area contributed by atoms with E-state index in [9.17, 15) is 0 Å². The summed E-state index contributed by atoms with van der Waals surface area (Å²) < 4.78 is 0. The lowest BCUT2D eigenvalue weighted by Gasteiger charge is -2.25. The summed E-state index contributed by atoms with van der Waals surface area (Å²) in [5, 5.41) is 3.32. The third-order valence-corrected chi connectivity index (χ3v) is 2.42. The van der Waals surface area contributed by atoms with E-state index in [1.807, 2.05) is 0 Å². The van der Waals surface area contributed by atoms with Gasteiger partial charge in [-0.05, 0) is 38.6 Å². The molecule has 0 aromatic heterocycles. The van der Waals surface area contributed by atoms with E-state index in [0.29, 0.717) is 0 Å². The van der Waals surface area contributed by atoms with E-state index >= 15 is 0 Å². The van der Waals surface area contributed by atoms with Crippen LogP contribution in [0.2, 0.25) is 0 Å². The van der Waals surface area contributed by atoms with E-state index in [-0.39, 0.29) is 12.4 Å². The molecule has 1 aliphatic rings. The molecule has 1 fully saturated rings. The molecule has 1 rings (SSSR count). The van der Waals surface area contributed by atoms with Crippen LogP contribution in [-0.4, -0.2) is 13.1 Å². The van der Waals surface area contributed by atoms with E-state index in [4.69, 9.17) is 0 Å². The fraction of sp³-hybridized carbons (Fsp3) is 1.00. The number of nitrogens with one attached hydrogen (secondary N) is 1. The largest absolute Gasteiger partial charge is 0.317 e. The molecule has 0 aliphatic heterocycles. The standard InChI is InChI=1S/C8H17N.ClH/c1-7-3-5-8(9-2)6-4-7;/h7-9H,3-6H2,1-2H3;1H. The van der Waals surface area contributed by atoms with Crippen LogP contribution in [0.25, 0.3) is 0 Å². The molecule has 0 bridgehead atoms. The number of halogens is 1. The Hall–Kier alpha value is 0.250. The molecule has 0 aromatic rings. The lowest BCUT2D eigenvalue weighted by molar-refractivity contribution is 0.319. The Morgan fingerprint density at radius 3 is 2.00 bits per heavy atom. The summed E-state index contributed by atoms with van der Waals surface area (Å²) in [4.78, 5) is 0. The lowest BCUT2D eigenvalue weighted by Crippen LogP contribution is -2.29. The predicted molar refractivity (Wildman–Crippen MR) is 47.7 cm³/mol. The first kappa shape index (κ1) is 10.2. The molecule has 1 aliphatic carbocycles. The molecule has 0 spiro atoms. The lowest BCUT2D eigenvalue weighted by atomic mass is 9.87. The maximum Gasteiger partial charge on any atom is 0.00642 e. The Morgan fingerprint density at radius 2 is 1.60 bits per heavy atom. The van der Waals surface area contributed by atoms with Crippen LogP contribution in [0.15, 0.2) is 0 Å². The molecule has 0 saturated heterocycles. The molecule has 0 heterocycles. The van der Waals surface area contributed by atoms with Crippen molar-refractivity contribution in [1.82, 2.24) is 5.32 Å². The van der Waals surface area contributed by atoms with Gasteiger partial charge in [-0.3, -0.25) is 0 Å². The van der Waals surface area contributed by atoms with Crippen LogP contribution in [0.1, 0.15) is 32.6 Å². The topological polar surface area (TPSA) is 12.0 Å². The fourth-order valence-corrected chi connectivity index (χ4v) is 1.55. The molecule has 2 heteroatoms. The van der Waals surface area contributed by atoms with Crippen LogP contribution in [-0.2, 0) is 0 Å². The van der Waals surface area contributed by atoms with E-state index in [1.54, 1.807) is 0 Å². The predicted octanol–water partition coefficient (Wildman–Crippen LogP) is 2.21. The highest BCUT2D eigenvalue weighted by Gasteiger charge is 2.15. The van der Waals surface area contributed by atoms with Crippen molar-refractivity contribution in [3.05, 3.63) is 0 Å². The van der Waals surface area contributed by atoms with Crippen LogP contribution >= 0.6 is 12.4 Å². The van der Waals surface area contributed by atoms with Crippen LogP contribution in [0, 0.1) is 5.92 Å². The minimum absolute atomic E-state index is 0. The smallest absolute Gasteiger partial charge is 0.00642 e. The van der Waals surface area contributed by atoms with Gasteiger partial charge in [0.2, 0.25) is 0 Å². The molecule has 0 atom stereocenters. The summed E-state index contributed by atoms with van der Waals surface area (Å²) in [5.41, 5.74) is 0. The SMILES string of the molecule is CNC1CCC(C)CC1.Cl. The molecule has 62 valence electrons. The molecular formula is C8H18ClN. The monoisotopic (exact) mass is 163 g/mol. The van der Waals surface area contributed by atoms with Crippen molar-refractivity contribution in [3.63, 3.8) is 0 Å². The summed E-state index contributed by atoms with van der Waals surface area (Å²) in [6, 6.07) is 0.821. The van der Waals surface area contributed by atoms with Gasteiger partial charge in [0.25, 0.3) is 0 Å². The molecule has 0 radical (unpaired) electrons. The zero-order chi connectivity index (χ0) is 6.69. The fourth-order valence-electron chi connectivity index (χ4n) is 1.55. The van der Waals surface area contributed by atoms with Gasteiger partial charge in [0.1, 0.15) is 0 Å². The molecule has 0 aromatic carbocycles. The Morgan fingerprint density at radius 1 is 1.10 bits per heavy atom. The van der Waals surface area contributed by atoms with Gasteiger partial charge in [-0.25, -0.2) is 0 Å². The van der Waals surface area contributed by atoms with Gasteiger partial charge in [0.05, 0.1) is 0 Å². The molecule has 1 nitrogen and oxygen atoms in total. The maximum absolute atomic E-state index is 3.32. The van der Waals surface area contributed by atoms with Gasteiger partial charge in [0.15, 0.2) is 0 Å². The quantitative estimate of drug-likeness (QED) is 0.625. The van der Waals surface area contributed by atoms with Gasteiger partial charge >= 0.3 is 0 Å². The zero-order valence-electron chi connectivity index (χ0n) is 6.89. The molecule has 0 amide bonds. The van der Waals surface area contributed by atoms with E-state index in [2.05, 4.69) is 19.3 Å². The zero-order valence-corrected chi connectivity index (χ0v) is 7.71. The second kappa shape index (κ2) is 4.97. The van der Waals surface area contributed by atoms with Crippen molar-refractivity contribution in [1.29, 1.82) is 0 Å². The number of hydrogen-bond acceptors (Lipinski definition) is 1. The van der Waals surface area contributed by atoms with Crippen LogP contribution in [0.3, 0.4) is 0 Å². The maximum atomic E-state index is 3.32. The third kappa shape index (κ3) is 2.89.